The van der Waals surface area contributed by atoms with Gasteiger partial charge in [0.25, 0.3) is 0 Å². The summed E-state index contributed by atoms with van der Waals surface area (Å²) in [5.41, 5.74) is 0. The minimum Gasteiger partial charge on any atom is -0.480 e. The molecule has 0 spiro atoms. The molecule has 1 unspecified atom stereocenters. The largest absolute Gasteiger partial charge is 0.480 e. The third kappa shape index (κ3) is 7.07. The summed E-state index contributed by atoms with van der Waals surface area (Å²) < 4.78 is 0. The van der Waals surface area contributed by atoms with Gasteiger partial charge < -0.3 is 15.7 Å². The molecular formula is C13H22N4O3. The number of carbonyl (C=O) groups excluding carboxylic acids is 1. The first-order valence-corrected chi connectivity index (χ1v) is 6.90. The van der Waals surface area contributed by atoms with E-state index in [0.29, 0.717) is 32.0 Å². The predicted molar refractivity (Wildman–Crippen MR) is 72.9 cm³/mol. The maximum Gasteiger partial charge on any atom is 0.317 e. The standard InChI is InChI=1S/C13H22N4O3/c14-4-2-5-16-12(18)10-17-6-1-3-11(9-17)7-15-8-13(19)20/h11,15H,1-3,5-10H2,(H,16,18)(H,19,20). The number of aliphatic carboxylic acids is 1. The molecule has 1 aliphatic rings. The number of carbonyl (C=O) groups is 2. The van der Waals surface area contributed by atoms with Crippen molar-refractivity contribution >= 4 is 11.9 Å². The molecule has 7 nitrogen and oxygen atoms in total. The number of nitriles is 1. The average Bonchev–Trinajstić information content (AvgIpc) is 2.39. The highest BCUT2D eigenvalue weighted by Gasteiger charge is 2.21. The summed E-state index contributed by atoms with van der Waals surface area (Å²) in [6.45, 7) is 3.08. The molecule has 0 bridgehead atoms. The number of hydrogen-bond donors (Lipinski definition) is 3. The highest BCUT2D eigenvalue weighted by molar-refractivity contribution is 5.78. The SMILES string of the molecule is N#CCCNC(=O)CN1CCCC(CNCC(=O)O)C1. The van der Waals surface area contributed by atoms with Crippen molar-refractivity contribution in [2.75, 3.05) is 39.3 Å². The first-order valence-electron chi connectivity index (χ1n) is 6.90. The highest BCUT2D eigenvalue weighted by Crippen LogP contribution is 2.15. The van der Waals surface area contributed by atoms with Crippen molar-refractivity contribution in [1.29, 1.82) is 5.26 Å². The van der Waals surface area contributed by atoms with Crippen LogP contribution >= 0.6 is 0 Å². The van der Waals surface area contributed by atoms with Gasteiger partial charge >= 0.3 is 5.97 Å². The molecule has 0 aromatic carbocycles. The van der Waals surface area contributed by atoms with E-state index in [1.165, 1.54) is 0 Å². The second-order valence-corrected chi connectivity index (χ2v) is 5.03. The highest BCUT2D eigenvalue weighted by atomic mass is 16.4. The Kier molecular flexibility index (Phi) is 7.62. The van der Waals surface area contributed by atoms with E-state index in [2.05, 4.69) is 15.5 Å². The molecule has 1 amide bonds. The summed E-state index contributed by atoms with van der Waals surface area (Å²) >= 11 is 0. The summed E-state index contributed by atoms with van der Waals surface area (Å²) in [5.74, 6) is -0.524. The van der Waals surface area contributed by atoms with Gasteiger partial charge in [-0.2, -0.15) is 5.26 Å². The zero-order valence-corrected chi connectivity index (χ0v) is 11.6. The minimum absolute atomic E-state index is 0.0227. The maximum atomic E-state index is 11.6. The molecule has 1 aliphatic heterocycles. The number of carboxylic acids is 1. The van der Waals surface area contributed by atoms with E-state index >= 15 is 0 Å². The van der Waals surface area contributed by atoms with Crippen LogP contribution in [-0.2, 0) is 9.59 Å². The van der Waals surface area contributed by atoms with Crippen LogP contribution in [0.1, 0.15) is 19.3 Å². The lowest BCUT2D eigenvalue weighted by molar-refractivity contribution is -0.136. The fourth-order valence-electron chi connectivity index (χ4n) is 2.36. The van der Waals surface area contributed by atoms with Crippen molar-refractivity contribution in [2.24, 2.45) is 5.92 Å². The van der Waals surface area contributed by atoms with Gasteiger partial charge in [-0.1, -0.05) is 0 Å². The van der Waals surface area contributed by atoms with E-state index in [9.17, 15) is 9.59 Å². The van der Waals surface area contributed by atoms with E-state index in [4.69, 9.17) is 10.4 Å². The third-order valence-corrected chi connectivity index (χ3v) is 3.24. The monoisotopic (exact) mass is 282 g/mol. The predicted octanol–water partition coefficient (Wildman–Crippen LogP) is -0.598. The quantitative estimate of drug-likeness (QED) is 0.514. The molecule has 112 valence electrons. The number of rotatable bonds is 8. The van der Waals surface area contributed by atoms with E-state index in [1.807, 2.05) is 6.07 Å². The number of carboxylic acid groups (broad SMARTS) is 1. The Morgan fingerprint density at radius 1 is 1.45 bits per heavy atom. The normalized spacial score (nSPS) is 19.2. The van der Waals surface area contributed by atoms with Gasteiger partial charge in [-0.15, -0.1) is 0 Å². The van der Waals surface area contributed by atoms with Crippen molar-refractivity contribution in [2.45, 2.75) is 19.3 Å². The third-order valence-electron chi connectivity index (χ3n) is 3.24. The molecular weight excluding hydrogens is 260 g/mol. The number of hydrogen-bond acceptors (Lipinski definition) is 5. The van der Waals surface area contributed by atoms with Crippen LogP contribution in [0.25, 0.3) is 0 Å². The zero-order chi connectivity index (χ0) is 14.8. The molecule has 1 atom stereocenters. The first kappa shape index (κ1) is 16.4. The Hall–Kier alpha value is -1.65. The van der Waals surface area contributed by atoms with Crippen molar-refractivity contribution in [3.05, 3.63) is 0 Å². The van der Waals surface area contributed by atoms with Gasteiger partial charge in [-0.25, -0.2) is 0 Å². The van der Waals surface area contributed by atoms with Crippen molar-refractivity contribution < 1.29 is 14.7 Å². The molecule has 3 N–H and O–H groups in total. The molecule has 0 saturated carbocycles. The van der Waals surface area contributed by atoms with Crippen LogP contribution in [-0.4, -0.2) is 61.2 Å². The molecule has 20 heavy (non-hydrogen) atoms. The molecule has 7 heteroatoms. The Morgan fingerprint density at radius 2 is 2.25 bits per heavy atom. The van der Waals surface area contributed by atoms with Crippen LogP contribution < -0.4 is 10.6 Å². The van der Waals surface area contributed by atoms with Gasteiger partial charge in [-0.05, 0) is 31.8 Å². The Balaban J connectivity index is 2.21. The molecule has 0 aliphatic carbocycles. The van der Waals surface area contributed by atoms with Gasteiger partial charge in [0.1, 0.15) is 0 Å². The Morgan fingerprint density at radius 3 is 2.95 bits per heavy atom. The van der Waals surface area contributed by atoms with E-state index in [-0.39, 0.29) is 12.5 Å². The number of nitrogens with zero attached hydrogens (tertiary/aromatic N) is 2. The fourth-order valence-corrected chi connectivity index (χ4v) is 2.36. The van der Waals surface area contributed by atoms with E-state index < -0.39 is 5.97 Å². The molecule has 0 radical (unpaired) electrons. The van der Waals surface area contributed by atoms with Gasteiger partial charge in [0.2, 0.25) is 5.91 Å². The average molecular weight is 282 g/mol. The second-order valence-electron chi connectivity index (χ2n) is 5.03. The summed E-state index contributed by atoms with van der Waals surface area (Å²) in [6.07, 6.45) is 2.40. The van der Waals surface area contributed by atoms with Crippen LogP contribution in [0.3, 0.4) is 0 Å². The van der Waals surface area contributed by atoms with Gasteiger partial charge in [0, 0.05) is 13.1 Å². The number of nitrogens with one attached hydrogen (secondary N) is 2. The summed E-state index contributed by atoms with van der Waals surface area (Å²) in [4.78, 5) is 24.1. The van der Waals surface area contributed by atoms with E-state index in [0.717, 1.165) is 25.9 Å². The first-order chi connectivity index (χ1) is 9.61. The van der Waals surface area contributed by atoms with Crippen LogP contribution in [0.15, 0.2) is 0 Å². The van der Waals surface area contributed by atoms with E-state index in [1.54, 1.807) is 0 Å². The van der Waals surface area contributed by atoms with Crippen LogP contribution in [0.4, 0.5) is 0 Å². The second kappa shape index (κ2) is 9.28. The number of piperidine rings is 1. The van der Waals surface area contributed by atoms with Crippen LogP contribution in [0, 0.1) is 17.2 Å². The fraction of sp³-hybridized carbons (Fsp3) is 0.769. The Labute approximate surface area is 118 Å². The topological polar surface area (TPSA) is 105 Å². The lowest BCUT2D eigenvalue weighted by Crippen LogP contribution is -2.45. The molecule has 1 saturated heterocycles. The molecule has 1 fully saturated rings. The summed E-state index contributed by atoms with van der Waals surface area (Å²) in [6, 6.07) is 1.98. The summed E-state index contributed by atoms with van der Waals surface area (Å²) in [5, 5.41) is 22.6. The maximum absolute atomic E-state index is 11.6. The van der Waals surface area contributed by atoms with Crippen molar-refractivity contribution in [1.82, 2.24) is 15.5 Å². The molecule has 1 rings (SSSR count). The Bertz CT molecular complexity index is 367. The minimum atomic E-state index is -0.852. The number of likely N-dealkylation sites (tertiary alicyclic amines) is 1. The van der Waals surface area contributed by atoms with Gasteiger partial charge in [-0.3, -0.25) is 14.5 Å². The van der Waals surface area contributed by atoms with Gasteiger partial charge in [0.15, 0.2) is 0 Å². The zero-order valence-electron chi connectivity index (χ0n) is 11.6. The van der Waals surface area contributed by atoms with Gasteiger partial charge in [0.05, 0.1) is 25.6 Å². The number of amides is 1. The smallest absolute Gasteiger partial charge is 0.317 e. The lowest BCUT2D eigenvalue weighted by Gasteiger charge is -2.32. The van der Waals surface area contributed by atoms with Crippen LogP contribution in [0.2, 0.25) is 0 Å². The van der Waals surface area contributed by atoms with Crippen molar-refractivity contribution in [3.63, 3.8) is 0 Å². The van der Waals surface area contributed by atoms with Crippen LogP contribution in [0.5, 0.6) is 0 Å². The molecule has 0 aromatic heterocycles. The molecule has 1 heterocycles. The lowest BCUT2D eigenvalue weighted by atomic mass is 9.98. The molecule has 0 aromatic rings. The summed E-state index contributed by atoms with van der Waals surface area (Å²) in [7, 11) is 0. The van der Waals surface area contributed by atoms with Crippen molar-refractivity contribution in [3.8, 4) is 6.07 Å².